The van der Waals surface area contributed by atoms with Crippen LogP contribution in [0.4, 0.5) is 5.69 Å². The van der Waals surface area contributed by atoms with E-state index in [-0.39, 0.29) is 12.6 Å². The second-order valence-electron chi connectivity index (χ2n) is 6.43. The van der Waals surface area contributed by atoms with E-state index in [0.29, 0.717) is 11.6 Å². The molecule has 0 spiro atoms. The Bertz CT molecular complexity index is 938. The molecule has 26 heavy (non-hydrogen) atoms. The van der Waals surface area contributed by atoms with E-state index in [9.17, 15) is 5.11 Å². The number of rotatable bonds is 6. The van der Waals surface area contributed by atoms with Crippen LogP contribution in [0.15, 0.2) is 60.8 Å². The minimum Gasteiger partial charge on any atom is -0.394 e. The second kappa shape index (κ2) is 7.87. The van der Waals surface area contributed by atoms with Gasteiger partial charge in [-0.1, -0.05) is 54.1 Å². The zero-order chi connectivity index (χ0) is 18.7. The molecule has 1 unspecified atom stereocenters. The number of aliphatic hydroxyl groups is 1. The molecule has 0 radical (unpaired) electrons. The molecule has 0 saturated heterocycles. The summed E-state index contributed by atoms with van der Waals surface area (Å²) in [4.78, 5) is 4.41. The lowest BCUT2D eigenvalue weighted by Crippen LogP contribution is -2.14. The number of fused-ring (bicyclic) bond motifs is 1. The van der Waals surface area contributed by atoms with E-state index < -0.39 is 0 Å². The predicted molar refractivity (Wildman–Crippen MR) is 110 cm³/mol. The molecule has 3 rings (SSSR count). The van der Waals surface area contributed by atoms with Crippen molar-refractivity contribution < 1.29 is 5.11 Å². The normalized spacial score (nSPS) is 12.2. The molecule has 0 bridgehead atoms. The molecule has 0 aliphatic rings. The number of pyridine rings is 1. The first-order chi connectivity index (χ1) is 12.5. The van der Waals surface area contributed by atoms with Gasteiger partial charge in [0.1, 0.15) is 0 Å². The van der Waals surface area contributed by atoms with Crippen molar-refractivity contribution in [2.75, 3.05) is 18.5 Å². The highest BCUT2D eigenvalue weighted by molar-refractivity contribution is 6.34. The van der Waals surface area contributed by atoms with Crippen molar-refractivity contribution in [3.63, 3.8) is 0 Å². The summed E-state index contributed by atoms with van der Waals surface area (Å²) in [5.41, 5.74) is 11.7. The third-order valence-corrected chi connectivity index (χ3v) is 4.54. The molecule has 1 heterocycles. The monoisotopic (exact) mass is 367 g/mol. The zero-order valence-electron chi connectivity index (χ0n) is 14.7. The summed E-state index contributed by atoms with van der Waals surface area (Å²) >= 11 is 6.36. The molecular weight excluding hydrogens is 346 g/mol. The van der Waals surface area contributed by atoms with Gasteiger partial charge in [-0.25, -0.2) is 0 Å². The van der Waals surface area contributed by atoms with Crippen LogP contribution < -0.4 is 11.1 Å². The lowest BCUT2D eigenvalue weighted by atomic mass is 9.99. The van der Waals surface area contributed by atoms with Gasteiger partial charge in [-0.05, 0) is 35.7 Å². The first kappa shape index (κ1) is 18.4. The number of nitrogens with one attached hydrogen (secondary N) is 1. The Morgan fingerprint density at radius 2 is 1.92 bits per heavy atom. The molecule has 2 aromatic carbocycles. The van der Waals surface area contributed by atoms with Crippen LogP contribution in [0.5, 0.6) is 0 Å². The molecule has 1 aromatic heterocycles. The summed E-state index contributed by atoms with van der Waals surface area (Å²) in [5.74, 6) is 0. The van der Waals surface area contributed by atoms with E-state index in [1.807, 2.05) is 43.3 Å². The van der Waals surface area contributed by atoms with Gasteiger partial charge in [-0.3, -0.25) is 4.98 Å². The maximum absolute atomic E-state index is 9.18. The number of hydrogen-bond acceptors (Lipinski definition) is 4. The number of halogens is 1. The fraction of sp³-hybridized carbons (Fsp3) is 0.190. The Kier molecular flexibility index (Phi) is 5.57. The molecule has 1 atom stereocenters. The minimum atomic E-state index is -0.360. The number of anilines is 1. The van der Waals surface area contributed by atoms with Gasteiger partial charge >= 0.3 is 0 Å². The van der Waals surface area contributed by atoms with E-state index in [0.717, 1.165) is 38.9 Å². The van der Waals surface area contributed by atoms with E-state index in [4.69, 9.17) is 17.3 Å². The van der Waals surface area contributed by atoms with Crippen LogP contribution in [0, 0.1) is 0 Å². The first-order valence-electron chi connectivity index (χ1n) is 8.43. The Morgan fingerprint density at radius 1 is 1.23 bits per heavy atom. The number of benzene rings is 2. The SMILES string of the molecule is C=C(C)CNc1c(Cl)cnc2ccc(-c3ccc(C(N)CO)cc3)cc12. The standard InChI is InChI=1S/C21H22ClN3O/c1-13(2)10-25-21-17-9-16(7-8-20(17)24-11-18(21)22)14-3-5-15(6-4-14)19(23)12-26/h3-9,11,19,26H,1,10,12,23H2,2H3,(H,24,25). The topological polar surface area (TPSA) is 71.2 Å². The molecule has 0 saturated carbocycles. The maximum atomic E-state index is 9.18. The number of aliphatic hydroxyl groups excluding tert-OH is 1. The van der Waals surface area contributed by atoms with Crippen molar-refractivity contribution in [1.29, 1.82) is 0 Å². The van der Waals surface area contributed by atoms with Gasteiger partial charge in [0.2, 0.25) is 0 Å². The Morgan fingerprint density at radius 3 is 2.58 bits per heavy atom. The van der Waals surface area contributed by atoms with Gasteiger partial charge in [-0.2, -0.15) is 0 Å². The average Bonchev–Trinajstić information content (AvgIpc) is 2.66. The molecule has 134 valence electrons. The molecule has 0 amide bonds. The van der Waals surface area contributed by atoms with Crippen LogP contribution >= 0.6 is 11.6 Å². The highest BCUT2D eigenvalue weighted by Gasteiger charge is 2.10. The van der Waals surface area contributed by atoms with Crippen molar-refractivity contribution in [3.8, 4) is 11.1 Å². The summed E-state index contributed by atoms with van der Waals surface area (Å²) in [5, 5.41) is 14.1. The summed E-state index contributed by atoms with van der Waals surface area (Å²) < 4.78 is 0. The van der Waals surface area contributed by atoms with Crippen molar-refractivity contribution in [1.82, 2.24) is 4.98 Å². The molecule has 3 aromatic rings. The molecule has 5 heteroatoms. The lowest BCUT2D eigenvalue weighted by Gasteiger charge is -2.13. The summed E-state index contributed by atoms with van der Waals surface area (Å²) in [6, 6.07) is 13.6. The summed E-state index contributed by atoms with van der Waals surface area (Å²) in [7, 11) is 0. The van der Waals surface area contributed by atoms with E-state index in [1.165, 1.54) is 0 Å². The van der Waals surface area contributed by atoms with Gasteiger partial charge < -0.3 is 16.2 Å². The average molecular weight is 368 g/mol. The quantitative estimate of drug-likeness (QED) is 0.559. The Balaban J connectivity index is 2.02. The van der Waals surface area contributed by atoms with Gasteiger partial charge in [-0.15, -0.1) is 0 Å². The highest BCUT2D eigenvalue weighted by Crippen LogP contribution is 2.33. The van der Waals surface area contributed by atoms with Crippen molar-refractivity contribution in [3.05, 3.63) is 71.4 Å². The van der Waals surface area contributed by atoms with Crippen LogP contribution in [-0.2, 0) is 0 Å². The largest absolute Gasteiger partial charge is 0.394 e. The smallest absolute Gasteiger partial charge is 0.0827 e. The van der Waals surface area contributed by atoms with Crippen LogP contribution in [0.3, 0.4) is 0 Å². The summed E-state index contributed by atoms with van der Waals surface area (Å²) in [6.07, 6.45) is 1.66. The van der Waals surface area contributed by atoms with E-state index in [2.05, 4.69) is 22.9 Å². The van der Waals surface area contributed by atoms with Gasteiger partial charge in [0.15, 0.2) is 0 Å². The fourth-order valence-corrected chi connectivity index (χ4v) is 3.01. The van der Waals surface area contributed by atoms with Gasteiger partial charge in [0.05, 0.1) is 28.9 Å². The Labute approximate surface area is 158 Å². The fourth-order valence-electron chi connectivity index (χ4n) is 2.79. The third-order valence-electron chi connectivity index (χ3n) is 4.26. The Hall–Kier alpha value is -2.40. The van der Waals surface area contributed by atoms with Crippen LogP contribution in [0.2, 0.25) is 5.02 Å². The number of aromatic nitrogens is 1. The predicted octanol–water partition coefficient (Wildman–Crippen LogP) is 4.54. The van der Waals surface area contributed by atoms with Gasteiger partial charge in [0.25, 0.3) is 0 Å². The van der Waals surface area contributed by atoms with Gasteiger partial charge in [0, 0.05) is 18.1 Å². The number of nitrogens with zero attached hydrogens (tertiary/aromatic N) is 1. The van der Waals surface area contributed by atoms with Crippen molar-refractivity contribution in [2.45, 2.75) is 13.0 Å². The van der Waals surface area contributed by atoms with Crippen molar-refractivity contribution in [2.24, 2.45) is 5.73 Å². The van der Waals surface area contributed by atoms with Crippen molar-refractivity contribution >= 4 is 28.2 Å². The van der Waals surface area contributed by atoms with Crippen LogP contribution in [-0.4, -0.2) is 23.2 Å². The highest BCUT2D eigenvalue weighted by atomic mass is 35.5. The molecule has 4 N–H and O–H groups in total. The summed E-state index contributed by atoms with van der Waals surface area (Å²) in [6.45, 7) is 6.47. The van der Waals surface area contributed by atoms with E-state index in [1.54, 1.807) is 6.20 Å². The number of hydrogen-bond donors (Lipinski definition) is 3. The van der Waals surface area contributed by atoms with Crippen LogP contribution in [0.25, 0.3) is 22.0 Å². The number of nitrogens with two attached hydrogens (primary N) is 1. The molecule has 0 fully saturated rings. The minimum absolute atomic E-state index is 0.0722. The molecule has 0 aliphatic heterocycles. The van der Waals surface area contributed by atoms with E-state index >= 15 is 0 Å². The lowest BCUT2D eigenvalue weighted by molar-refractivity contribution is 0.268. The third kappa shape index (κ3) is 3.88. The molecular formula is C21H22ClN3O. The zero-order valence-corrected chi connectivity index (χ0v) is 15.4. The van der Waals surface area contributed by atoms with Crippen LogP contribution in [0.1, 0.15) is 18.5 Å². The molecule has 4 nitrogen and oxygen atoms in total. The molecule has 0 aliphatic carbocycles. The second-order valence-corrected chi connectivity index (χ2v) is 6.84. The first-order valence-corrected chi connectivity index (χ1v) is 8.80. The maximum Gasteiger partial charge on any atom is 0.0827 e.